The second-order valence-electron chi connectivity index (χ2n) is 4.86. The summed E-state index contributed by atoms with van der Waals surface area (Å²) in [5.74, 6) is 0. The van der Waals surface area contributed by atoms with Crippen LogP contribution in [-0.2, 0) is 16.6 Å². The standard InChI is InChI=1S/C17H15ClN2O2S/c1-2-9-20(13-15-6-3-5-14(10-15)12-19)23(21,22)17-8-4-7-16(18)11-17/h2-8,10-11H,1,9,13H2. The van der Waals surface area contributed by atoms with Crippen LogP contribution in [-0.4, -0.2) is 19.3 Å². The molecule has 0 saturated heterocycles. The maximum atomic E-state index is 12.8. The highest BCUT2D eigenvalue weighted by Gasteiger charge is 2.24. The van der Waals surface area contributed by atoms with Crippen LogP contribution in [0.1, 0.15) is 11.1 Å². The molecule has 0 radical (unpaired) electrons. The number of hydrogen-bond donors (Lipinski definition) is 0. The van der Waals surface area contributed by atoms with Gasteiger partial charge in [-0.1, -0.05) is 35.9 Å². The third kappa shape index (κ3) is 4.20. The van der Waals surface area contributed by atoms with Crippen molar-refractivity contribution in [2.45, 2.75) is 11.4 Å². The van der Waals surface area contributed by atoms with E-state index < -0.39 is 10.0 Å². The Balaban J connectivity index is 2.37. The highest BCUT2D eigenvalue weighted by molar-refractivity contribution is 7.89. The number of rotatable bonds is 6. The van der Waals surface area contributed by atoms with Gasteiger partial charge in [-0.3, -0.25) is 0 Å². The van der Waals surface area contributed by atoms with E-state index in [0.717, 1.165) is 5.56 Å². The molecule has 2 aromatic carbocycles. The van der Waals surface area contributed by atoms with Crippen LogP contribution in [0.25, 0.3) is 0 Å². The predicted octanol–water partition coefficient (Wildman–Crippen LogP) is 3.59. The molecule has 0 aromatic heterocycles. The summed E-state index contributed by atoms with van der Waals surface area (Å²) in [6.45, 7) is 3.92. The zero-order valence-corrected chi connectivity index (χ0v) is 13.9. The SMILES string of the molecule is C=CCN(Cc1cccc(C#N)c1)S(=O)(=O)c1cccc(Cl)c1. The average molecular weight is 347 g/mol. The van der Waals surface area contributed by atoms with E-state index in [1.807, 2.05) is 6.07 Å². The Morgan fingerprint density at radius 3 is 2.61 bits per heavy atom. The Morgan fingerprint density at radius 1 is 1.22 bits per heavy atom. The maximum absolute atomic E-state index is 12.8. The van der Waals surface area contributed by atoms with Crippen LogP contribution in [0.5, 0.6) is 0 Å². The van der Waals surface area contributed by atoms with Crippen LogP contribution >= 0.6 is 11.6 Å². The van der Waals surface area contributed by atoms with Crippen LogP contribution < -0.4 is 0 Å². The minimum absolute atomic E-state index is 0.128. The van der Waals surface area contributed by atoms with Crippen molar-refractivity contribution in [3.05, 3.63) is 77.3 Å². The largest absolute Gasteiger partial charge is 0.243 e. The van der Waals surface area contributed by atoms with Gasteiger partial charge in [0.2, 0.25) is 10.0 Å². The van der Waals surface area contributed by atoms with Crippen LogP contribution in [0.3, 0.4) is 0 Å². The molecule has 0 aliphatic rings. The summed E-state index contributed by atoms with van der Waals surface area (Å²) in [4.78, 5) is 0.128. The fraction of sp³-hybridized carbons (Fsp3) is 0.118. The van der Waals surface area contributed by atoms with Crippen molar-refractivity contribution in [2.24, 2.45) is 0 Å². The normalized spacial score (nSPS) is 11.2. The smallest absolute Gasteiger partial charge is 0.207 e. The Kier molecular flexibility index (Phi) is 5.56. The third-order valence-electron chi connectivity index (χ3n) is 3.18. The molecule has 0 N–H and O–H groups in total. The highest BCUT2D eigenvalue weighted by Crippen LogP contribution is 2.21. The number of sulfonamides is 1. The van der Waals surface area contributed by atoms with Gasteiger partial charge in [0.15, 0.2) is 0 Å². The van der Waals surface area contributed by atoms with Crippen LogP contribution in [0, 0.1) is 11.3 Å². The van der Waals surface area contributed by atoms with Crippen molar-refractivity contribution in [3.63, 3.8) is 0 Å². The molecule has 0 spiro atoms. The summed E-state index contributed by atoms with van der Waals surface area (Å²) in [5, 5.41) is 9.31. The Morgan fingerprint density at radius 2 is 1.96 bits per heavy atom. The topological polar surface area (TPSA) is 61.2 Å². The van der Waals surface area contributed by atoms with Crippen molar-refractivity contribution < 1.29 is 8.42 Å². The fourth-order valence-corrected chi connectivity index (χ4v) is 3.81. The lowest BCUT2D eigenvalue weighted by Gasteiger charge is -2.21. The van der Waals surface area contributed by atoms with E-state index in [0.29, 0.717) is 10.6 Å². The summed E-state index contributed by atoms with van der Waals surface area (Å²) in [7, 11) is -3.71. The molecule has 0 saturated carbocycles. The molecule has 0 unspecified atom stereocenters. The van der Waals surface area contributed by atoms with E-state index in [4.69, 9.17) is 16.9 Å². The van der Waals surface area contributed by atoms with Gasteiger partial charge in [0, 0.05) is 18.1 Å². The summed E-state index contributed by atoms with van der Waals surface area (Å²) < 4.78 is 26.9. The van der Waals surface area contributed by atoms with E-state index in [9.17, 15) is 8.42 Å². The number of benzene rings is 2. The van der Waals surface area contributed by atoms with Gasteiger partial charge < -0.3 is 0 Å². The zero-order valence-electron chi connectivity index (χ0n) is 12.3. The Hall–Kier alpha value is -2.13. The second kappa shape index (κ2) is 7.42. The van der Waals surface area contributed by atoms with Crippen molar-refractivity contribution in [1.29, 1.82) is 5.26 Å². The first-order chi connectivity index (χ1) is 11.0. The number of hydrogen-bond acceptors (Lipinski definition) is 3. The summed E-state index contributed by atoms with van der Waals surface area (Å²) in [5.41, 5.74) is 1.22. The van der Waals surface area contributed by atoms with Gasteiger partial charge >= 0.3 is 0 Å². The predicted molar refractivity (Wildman–Crippen MR) is 90.4 cm³/mol. The molecular formula is C17H15ClN2O2S. The Labute approximate surface area is 141 Å². The number of nitrogens with zero attached hydrogens (tertiary/aromatic N) is 2. The first-order valence-electron chi connectivity index (χ1n) is 6.83. The molecule has 0 aliphatic carbocycles. The molecule has 4 nitrogen and oxygen atoms in total. The molecule has 2 aromatic rings. The highest BCUT2D eigenvalue weighted by atomic mass is 35.5. The van der Waals surface area contributed by atoms with E-state index in [-0.39, 0.29) is 18.0 Å². The summed E-state index contributed by atoms with van der Waals surface area (Å²) in [6.07, 6.45) is 1.52. The van der Waals surface area contributed by atoms with E-state index >= 15 is 0 Å². The van der Waals surface area contributed by atoms with E-state index in [1.165, 1.54) is 22.5 Å². The molecule has 0 amide bonds. The van der Waals surface area contributed by atoms with Gasteiger partial charge in [0.05, 0.1) is 16.5 Å². The van der Waals surface area contributed by atoms with Crippen molar-refractivity contribution in [1.82, 2.24) is 4.31 Å². The van der Waals surface area contributed by atoms with Gasteiger partial charge in [-0.2, -0.15) is 9.57 Å². The molecule has 23 heavy (non-hydrogen) atoms. The zero-order chi connectivity index (χ0) is 16.9. The molecule has 118 valence electrons. The van der Waals surface area contributed by atoms with E-state index in [1.54, 1.807) is 36.4 Å². The third-order valence-corrected chi connectivity index (χ3v) is 5.22. The van der Waals surface area contributed by atoms with Crippen molar-refractivity contribution in [2.75, 3.05) is 6.54 Å². The van der Waals surface area contributed by atoms with Gasteiger partial charge in [-0.05, 0) is 35.9 Å². The van der Waals surface area contributed by atoms with Gasteiger partial charge in [0.25, 0.3) is 0 Å². The number of halogens is 1. The summed E-state index contributed by atoms with van der Waals surface area (Å²) in [6, 6.07) is 15.0. The van der Waals surface area contributed by atoms with Crippen molar-refractivity contribution in [3.8, 4) is 6.07 Å². The molecule has 6 heteroatoms. The lowest BCUT2D eigenvalue weighted by molar-refractivity contribution is 0.438. The van der Waals surface area contributed by atoms with Crippen LogP contribution in [0.2, 0.25) is 5.02 Å². The number of nitriles is 1. The minimum atomic E-state index is -3.71. The molecule has 0 bridgehead atoms. The van der Waals surface area contributed by atoms with Gasteiger partial charge in [0.1, 0.15) is 0 Å². The monoisotopic (exact) mass is 346 g/mol. The molecular weight excluding hydrogens is 332 g/mol. The van der Waals surface area contributed by atoms with Crippen LogP contribution in [0.15, 0.2) is 66.1 Å². The molecule has 0 heterocycles. The second-order valence-corrected chi connectivity index (χ2v) is 7.23. The molecule has 0 atom stereocenters. The van der Waals surface area contributed by atoms with Gasteiger partial charge in [-0.15, -0.1) is 6.58 Å². The van der Waals surface area contributed by atoms with E-state index in [2.05, 4.69) is 6.58 Å². The fourth-order valence-electron chi connectivity index (χ4n) is 2.11. The lowest BCUT2D eigenvalue weighted by Crippen LogP contribution is -2.30. The molecule has 2 rings (SSSR count). The first kappa shape index (κ1) is 17.2. The van der Waals surface area contributed by atoms with Crippen molar-refractivity contribution >= 4 is 21.6 Å². The quantitative estimate of drug-likeness (QED) is 0.751. The lowest BCUT2D eigenvalue weighted by atomic mass is 10.1. The summed E-state index contributed by atoms with van der Waals surface area (Å²) >= 11 is 5.89. The van der Waals surface area contributed by atoms with Gasteiger partial charge in [-0.25, -0.2) is 8.42 Å². The van der Waals surface area contributed by atoms with Crippen LogP contribution in [0.4, 0.5) is 0 Å². The Bertz CT molecular complexity index is 857. The first-order valence-corrected chi connectivity index (χ1v) is 8.65. The molecule has 0 fully saturated rings. The molecule has 0 aliphatic heterocycles. The maximum Gasteiger partial charge on any atom is 0.243 e. The average Bonchev–Trinajstić information content (AvgIpc) is 2.54. The minimum Gasteiger partial charge on any atom is -0.207 e.